The van der Waals surface area contributed by atoms with E-state index in [1.165, 1.54) is 11.2 Å². The molecule has 1 aromatic heterocycles. The van der Waals surface area contributed by atoms with Crippen LogP contribution in [0.2, 0.25) is 6.82 Å². The predicted molar refractivity (Wildman–Crippen MR) is 92.3 cm³/mol. The van der Waals surface area contributed by atoms with Gasteiger partial charge in [-0.3, -0.25) is 9.48 Å². The number of carbonyl (C=O) groups is 1. The number of carbonyl (C=O) groups excluding carboxylic acids is 1. The molecule has 1 aliphatic heterocycles. The first kappa shape index (κ1) is 18.8. The van der Waals surface area contributed by atoms with Crippen molar-refractivity contribution in [3.63, 3.8) is 0 Å². The van der Waals surface area contributed by atoms with E-state index in [9.17, 15) is 14.2 Å². The molecular formula is C16H24BFN6O2. The molecule has 0 radical (unpaired) electrons. The van der Waals surface area contributed by atoms with Crippen LogP contribution in [0.25, 0.3) is 0 Å². The van der Waals surface area contributed by atoms with Gasteiger partial charge in [-0.2, -0.15) is 10.4 Å². The number of rotatable bonds is 6. The molecular weight excluding hydrogens is 338 g/mol. The van der Waals surface area contributed by atoms with Crippen molar-refractivity contribution in [2.45, 2.75) is 57.3 Å². The number of amides is 1. The van der Waals surface area contributed by atoms with Crippen LogP contribution in [0, 0.1) is 17.2 Å². The SMILES string of the molecule is CB(O)N(CC(=O)N1C[C@@H](F)C[C@H]1C#N)[C@H]1CC[C@@H](Cn2cncn2)C1. The quantitative estimate of drug-likeness (QED) is 0.732. The van der Waals surface area contributed by atoms with Crippen molar-refractivity contribution in [1.29, 1.82) is 5.26 Å². The maximum absolute atomic E-state index is 13.6. The molecule has 4 atom stereocenters. The van der Waals surface area contributed by atoms with Gasteiger partial charge in [0.1, 0.15) is 24.9 Å². The Labute approximate surface area is 152 Å². The Balaban J connectivity index is 1.59. The van der Waals surface area contributed by atoms with Crippen LogP contribution in [0.15, 0.2) is 12.7 Å². The molecule has 0 spiro atoms. The number of nitriles is 1. The van der Waals surface area contributed by atoms with Crippen LogP contribution >= 0.6 is 0 Å². The van der Waals surface area contributed by atoms with Gasteiger partial charge in [0.15, 0.2) is 0 Å². The van der Waals surface area contributed by atoms with E-state index in [2.05, 4.69) is 10.1 Å². The lowest BCUT2D eigenvalue weighted by molar-refractivity contribution is -0.132. The van der Waals surface area contributed by atoms with Gasteiger partial charge in [-0.25, -0.2) is 9.37 Å². The topological polar surface area (TPSA) is 98.3 Å². The molecule has 0 unspecified atom stereocenters. The molecule has 0 bridgehead atoms. The Morgan fingerprint density at radius 2 is 2.31 bits per heavy atom. The highest BCUT2D eigenvalue weighted by Crippen LogP contribution is 2.31. The zero-order valence-electron chi connectivity index (χ0n) is 14.9. The lowest BCUT2D eigenvalue weighted by Gasteiger charge is -2.31. The Morgan fingerprint density at radius 1 is 1.50 bits per heavy atom. The van der Waals surface area contributed by atoms with Gasteiger partial charge in [-0.1, -0.05) is 0 Å². The average molecular weight is 362 g/mol. The number of hydrogen-bond acceptors (Lipinski definition) is 6. The number of halogens is 1. The van der Waals surface area contributed by atoms with Gasteiger partial charge in [-0.05, 0) is 32.0 Å². The molecule has 140 valence electrons. The molecule has 1 aromatic rings. The van der Waals surface area contributed by atoms with Gasteiger partial charge in [0, 0.05) is 19.0 Å². The summed E-state index contributed by atoms with van der Waals surface area (Å²) >= 11 is 0. The molecule has 2 aliphatic rings. The molecule has 2 fully saturated rings. The lowest BCUT2D eigenvalue weighted by Crippen LogP contribution is -2.51. The molecule has 1 saturated heterocycles. The molecule has 2 heterocycles. The van der Waals surface area contributed by atoms with E-state index >= 15 is 0 Å². The normalized spacial score (nSPS) is 28.5. The van der Waals surface area contributed by atoms with Gasteiger partial charge >= 0.3 is 7.05 Å². The fourth-order valence-electron chi connectivity index (χ4n) is 4.10. The van der Waals surface area contributed by atoms with Crippen LogP contribution in [0.5, 0.6) is 0 Å². The molecule has 1 N–H and O–H groups in total. The number of alkyl halides is 1. The maximum Gasteiger partial charge on any atom is 0.377 e. The zero-order chi connectivity index (χ0) is 18.7. The summed E-state index contributed by atoms with van der Waals surface area (Å²) < 4.78 is 15.4. The Hall–Kier alpha value is -1.99. The van der Waals surface area contributed by atoms with Gasteiger partial charge in [0.25, 0.3) is 0 Å². The molecule has 1 aliphatic carbocycles. The minimum atomic E-state index is -1.15. The second-order valence-corrected chi connectivity index (χ2v) is 7.28. The monoisotopic (exact) mass is 362 g/mol. The van der Waals surface area contributed by atoms with E-state index < -0.39 is 19.3 Å². The van der Waals surface area contributed by atoms with E-state index in [-0.39, 0.29) is 31.5 Å². The van der Waals surface area contributed by atoms with Crippen molar-refractivity contribution in [3.8, 4) is 6.07 Å². The van der Waals surface area contributed by atoms with Crippen LogP contribution in [0.3, 0.4) is 0 Å². The van der Waals surface area contributed by atoms with Gasteiger partial charge in [0.05, 0.1) is 19.2 Å². The van der Waals surface area contributed by atoms with Crippen molar-refractivity contribution in [2.75, 3.05) is 13.1 Å². The summed E-state index contributed by atoms with van der Waals surface area (Å²) in [5, 5.41) is 23.4. The summed E-state index contributed by atoms with van der Waals surface area (Å²) in [4.78, 5) is 19.6. The van der Waals surface area contributed by atoms with E-state index in [1.54, 1.807) is 22.6 Å². The summed E-state index contributed by atoms with van der Waals surface area (Å²) in [6.45, 7) is 2.37. The predicted octanol–water partition coefficient (Wildman–Crippen LogP) is 0.322. The molecule has 1 saturated carbocycles. The van der Waals surface area contributed by atoms with Crippen molar-refractivity contribution in [3.05, 3.63) is 12.7 Å². The van der Waals surface area contributed by atoms with Crippen molar-refractivity contribution in [1.82, 2.24) is 24.5 Å². The molecule has 10 heteroatoms. The fourth-order valence-corrected chi connectivity index (χ4v) is 4.10. The smallest absolute Gasteiger partial charge is 0.377 e. The molecule has 3 rings (SSSR count). The van der Waals surface area contributed by atoms with Crippen LogP contribution < -0.4 is 0 Å². The Kier molecular flexibility index (Phi) is 5.89. The molecule has 0 aromatic carbocycles. The number of aromatic nitrogens is 3. The standard InChI is InChI=1S/C16H24BFN6O2/c1-17(26)24(9-16(25)23-8-13(18)5-15(23)6-19)14-3-2-12(4-14)7-22-11-20-10-21-22/h10-15,26H,2-5,7-9H2,1H3/t12-,13+,14+,15+/m1/s1. The van der Waals surface area contributed by atoms with Crippen LogP contribution in [0.1, 0.15) is 25.7 Å². The second kappa shape index (κ2) is 8.14. The van der Waals surface area contributed by atoms with E-state index in [0.29, 0.717) is 5.92 Å². The first-order chi connectivity index (χ1) is 12.5. The highest BCUT2D eigenvalue weighted by molar-refractivity contribution is 6.45. The van der Waals surface area contributed by atoms with Crippen molar-refractivity contribution < 1.29 is 14.2 Å². The Morgan fingerprint density at radius 3 is 2.96 bits per heavy atom. The first-order valence-corrected chi connectivity index (χ1v) is 9.07. The summed E-state index contributed by atoms with van der Waals surface area (Å²) in [6.07, 6.45) is 4.83. The van der Waals surface area contributed by atoms with E-state index in [4.69, 9.17) is 5.26 Å². The number of nitrogens with zero attached hydrogens (tertiary/aromatic N) is 6. The third-order valence-corrected chi connectivity index (χ3v) is 5.41. The fraction of sp³-hybridized carbons (Fsp3) is 0.750. The third-order valence-electron chi connectivity index (χ3n) is 5.41. The minimum Gasteiger partial charge on any atom is -0.437 e. The molecule has 26 heavy (non-hydrogen) atoms. The number of hydrogen-bond donors (Lipinski definition) is 1. The maximum atomic E-state index is 13.6. The molecule has 8 nitrogen and oxygen atoms in total. The molecule has 1 amide bonds. The summed E-state index contributed by atoms with van der Waals surface area (Å²) in [5.74, 6) is 0.115. The average Bonchev–Trinajstić information content (AvgIpc) is 3.33. The van der Waals surface area contributed by atoms with Crippen LogP contribution in [0.4, 0.5) is 4.39 Å². The minimum absolute atomic E-state index is 0.00325. The van der Waals surface area contributed by atoms with Crippen LogP contribution in [-0.4, -0.2) is 73.8 Å². The lowest BCUT2D eigenvalue weighted by atomic mass is 9.82. The highest BCUT2D eigenvalue weighted by Gasteiger charge is 2.39. The summed E-state index contributed by atoms with van der Waals surface area (Å²) in [6, 6.07) is 1.37. The summed E-state index contributed by atoms with van der Waals surface area (Å²) in [5.41, 5.74) is 0. The van der Waals surface area contributed by atoms with Gasteiger partial charge in [-0.15, -0.1) is 0 Å². The van der Waals surface area contributed by atoms with Gasteiger partial charge in [0.2, 0.25) is 5.91 Å². The summed E-state index contributed by atoms with van der Waals surface area (Å²) in [7, 11) is -0.779. The zero-order valence-corrected chi connectivity index (χ0v) is 14.9. The van der Waals surface area contributed by atoms with E-state index in [0.717, 1.165) is 25.8 Å². The van der Waals surface area contributed by atoms with E-state index in [1.807, 2.05) is 6.07 Å². The van der Waals surface area contributed by atoms with Gasteiger partial charge < -0.3 is 14.7 Å². The third kappa shape index (κ3) is 4.22. The number of likely N-dealkylation sites (tertiary alicyclic amines) is 1. The first-order valence-electron chi connectivity index (χ1n) is 9.07. The van der Waals surface area contributed by atoms with Crippen molar-refractivity contribution >= 4 is 13.0 Å². The highest BCUT2D eigenvalue weighted by atomic mass is 19.1. The largest absolute Gasteiger partial charge is 0.437 e. The second-order valence-electron chi connectivity index (χ2n) is 7.28. The Bertz CT molecular complexity index is 652. The van der Waals surface area contributed by atoms with Crippen LogP contribution in [-0.2, 0) is 11.3 Å². The van der Waals surface area contributed by atoms with Crippen molar-refractivity contribution in [2.24, 2.45) is 5.92 Å².